The third-order valence-electron chi connectivity index (χ3n) is 3.38. The zero-order chi connectivity index (χ0) is 15.7. The Bertz CT molecular complexity index is 910. The van der Waals surface area contributed by atoms with Gasteiger partial charge in [-0.25, -0.2) is 9.59 Å². The minimum absolute atomic E-state index is 0.295. The molecule has 0 fully saturated rings. The minimum atomic E-state index is -0.503. The fourth-order valence-electron chi connectivity index (χ4n) is 2.26. The highest BCUT2D eigenvalue weighted by Gasteiger charge is 2.14. The SMILES string of the molecule is COC(=O)c1ccc2c(c1)oc(=O)n2Cc1ccccc1Cl. The van der Waals surface area contributed by atoms with Gasteiger partial charge >= 0.3 is 11.7 Å². The molecule has 0 aliphatic heterocycles. The molecule has 0 N–H and O–H groups in total. The minimum Gasteiger partial charge on any atom is -0.465 e. The second-order valence-electron chi connectivity index (χ2n) is 4.72. The first-order valence-electron chi connectivity index (χ1n) is 6.55. The Morgan fingerprint density at radius 3 is 2.77 bits per heavy atom. The van der Waals surface area contributed by atoms with Gasteiger partial charge in [-0.1, -0.05) is 29.8 Å². The van der Waals surface area contributed by atoms with Gasteiger partial charge in [0.15, 0.2) is 5.58 Å². The van der Waals surface area contributed by atoms with Crippen molar-refractivity contribution in [1.29, 1.82) is 0 Å². The maximum absolute atomic E-state index is 12.0. The summed E-state index contributed by atoms with van der Waals surface area (Å²) in [7, 11) is 1.30. The lowest BCUT2D eigenvalue weighted by Gasteiger charge is -2.05. The van der Waals surface area contributed by atoms with E-state index in [1.165, 1.54) is 17.7 Å². The quantitative estimate of drug-likeness (QED) is 0.696. The molecular weight excluding hydrogens is 306 g/mol. The van der Waals surface area contributed by atoms with E-state index in [4.69, 9.17) is 16.0 Å². The second kappa shape index (κ2) is 5.69. The van der Waals surface area contributed by atoms with Crippen LogP contribution in [0.4, 0.5) is 0 Å². The Kier molecular flexibility index (Phi) is 3.73. The van der Waals surface area contributed by atoms with E-state index in [2.05, 4.69) is 4.74 Å². The van der Waals surface area contributed by atoms with Crippen molar-refractivity contribution < 1.29 is 13.9 Å². The lowest BCUT2D eigenvalue weighted by atomic mass is 10.2. The van der Waals surface area contributed by atoms with E-state index < -0.39 is 11.7 Å². The maximum atomic E-state index is 12.0. The third kappa shape index (κ3) is 2.51. The summed E-state index contributed by atoms with van der Waals surface area (Å²) in [6.07, 6.45) is 0. The summed E-state index contributed by atoms with van der Waals surface area (Å²) in [5, 5.41) is 0.579. The molecular formula is C16H12ClNO4. The standard InChI is InChI=1S/C16H12ClNO4/c1-21-15(19)10-6-7-13-14(8-10)22-16(20)18(13)9-11-4-2-3-5-12(11)17/h2-8H,9H2,1H3. The molecule has 1 heterocycles. The molecule has 0 saturated carbocycles. The number of esters is 1. The molecule has 0 amide bonds. The second-order valence-corrected chi connectivity index (χ2v) is 5.13. The summed E-state index contributed by atoms with van der Waals surface area (Å²) in [5.41, 5.74) is 2.07. The molecule has 0 saturated heterocycles. The largest absolute Gasteiger partial charge is 0.465 e. The summed E-state index contributed by atoms with van der Waals surface area (Å²) >= 11 is 6.12. The number of halogens is 1. The van der Waals surface area contributed by atoms with Gasteiger partial charge in [0, 0.05) is 5.02 Å². The van der Waals surface area contributed by atoms with Crippen molar-refractivity contribution in [3.05, 3.63) is 69.2 Å². The van der Waals surface area contributed by atoms with Gasteiger partial charge in [-0.2, -0.15) is 0 Å². The molecule has 0 radical (unpaired) electrons. The van der Waals surface area contributed by atoms with Crippen LogP contribution in [0.3, 0.4) is 0 Å². The molecule has 6 heteroatoms. The lowest BCUT2D eigenvalue weighted by molar-refractivity contribution is 0.0601. The van der Waals surface area contributed by atoms with Crippen molar-refractivity contribution >= 4 is 28.7 Å². The number of hydrogen-bond acceptors (Lipinski definition) is 4. The number of fused-ring (bicyclic) bond motifs is 1. The predicted molar refractivity (Wildman–Crippen MR) is 82.4 cm³/mol. The van der Waals surface area contributed by atoms with E-state index in [0.29, 0.717) is 28.2 Å². The Hall–Kier alpha value is -2.53. The number of aromatic nitrogens is 1. The van der Waals surface area contributed by atoms with E-state index in [-0.39, 0.29) is 0 Å². The third-order valence-corrected chi connectivity index (χ3v) is 3.74. The van der Waals surface area contributed by atoms with Gasteiger partial charge in [0.2, 0.25) is 0 Å². The zero-order valence-corrected chi connectivity index (χ0v) is 12.5. The predicted octanol–water partition coefficient (Wildman–Crippen LogP) is 3.08. The Labute approximate surface area is 130 Å². The van der Waals surface area contributed by atoms with Crippen molar-refractivity contribution in [1.82, 2.24) is 4.57 Å². The number of nitrogens with zero attached hydrogens (tertiary/aromatic N) is 1. The topological polar surface area (TPSA) is 61.4 Å². The Morgan fingerprint density at radius 1 is 1.27 bits per heavy atom. The van der Waals surface area contributed by atoms with Gasteiger partial charge in [0.25, 0.3) is 0 Å². The normalized spacial score (nSPS) is 10.8. The van der Waals surface area contributed by atoms with Crippen molar-refractivity contribution in [2.24, 2.45) is 0 Å². The number of ether oxygens (including phenoxy) is 1. The summed E-state index contributed by atoms with van der Waals surface area (Å²) < 4.78 is 11.3. The first kappa shape index (κ1) is 14.4. The van der Waals surface area contributed by atoms with Crippen molar-refractivity contribution in [2.45, 2.75) is 6.54 Å². The maximum Gasteiger partial charge on any atom is 0.420 e. The van der Waals surface area contributed by atoms with E-state index in [9.17, 15) is 9.59 Å². The molecule has 5 nitrogen and oxygen atoms in total. The first-order chi connectivity index (χ1) is 10.6. The van der Waals surface area contributed by atoms with Crippen LogP contribution in [0, 0.1) is 0 Å². The fraction of sp³-hybridized carbons (Fsp3) is 0.125. The average Bonchev–Trinajstić information content (AvgIpc) is 2.83. The van der Waals surface area contributed by atoms with Crippen LogP contribution in [0.2, 0.25) is 5.02 Å². The molecule has 1 aromatic heterocycles. The van der Waals surface area contributed by atoms with Gasteiger partial charge in [-0.3, -0.25) is 4.57 Å². The summed E-state index contributed by atoms with van der Waals surface area (Å²) in [6, 6.07) is 12.0. The highest BCUT2D eigenvalue weighted by Crippen LogP contribution is 2.20. The van der Waals surface area contributed by atoms with Crippen LogP contribution < -0.4 is 5.76 Å². The smallest absolute Gasteiger partial charge is 0.420 e. The average molecular weight is 318 g/mol. The van der Waals surface area contributed by atoms with Crippen molar-refractivity contribution in [3.8, 4) is 0 Å². The molecule has 0 aliphatic carbocycles. The highest BCUT2D eigenvalue weighted by molar-refractivity contribution is 6.31. The van der Waals surface area contributed by atoms with Crippen molar-refractivity contribution in [2.75, 3.05) is 7.11 Å². The van der Waals surface area contributed by atoms with E-state index in [1.807, 2.05) is 18.2 Å². The lowest BCUT2D eigenvalue weighted by Crippen LogP contribution is -2.15. The number of oxazole rings is 1. The monoisotopic (exact) mass is 317 g/mol. The molecule has 3 rings (SSSR count). The van der Waals surface area contributed by atoms with Crippen LogP contribution in [0.25, 0.3) is 11.1 Å². The number of hydrogen-bond donors (Lipinski definition) is 0. The summed E-state index contributed by atoms with van der Waals surface area (Å²) in [5.74, 6) is -0.986. The van der Waals surface area contributed by atoms with Gasteiger partial charge in [0.1, 0.15) is 0 Å². The summed E-state index contributed by atoms with van der Waals surface area (Å²) in [4.78, 5) is 23.6. The van der Waals surface area contributed by atoms with Crippen LogP contribution in [-0.2, 0) is 11.3 Å². The number of benzene rings is 2. The zero-order valence-electron chi connectivity index (χ0n) is 11.7. The van der Waals surface area contributed by atoms with Crippen LogP contribution in [0.5, 0.6) is 0 Å². The van der Waals surface area contributed by atoms with Gasteiger partial charge < -0.3 is 9.15 Å². The van der Waals surface area contributed by atoms with Gasteiger partial charge in [0.05, 0.1) is 24.7 Å². The molecule has 0 unspecified atom stereocenters. The Balaban J connectivity index is 2.07. The van der Waals surface area contributed by atoms with Gasteiger partial charge in [-0.15, -0.1) is 0 Å². The molecule has 22 heavy (non-hydrogen) atoms. The molecule has 112 valence electrons. The van der Waals surface area contributed by atoms with Crippen molar-refractivity contribution in [3.63, 3.8) is 0 Å². The number of rotatable bonds is 3. The van der Waals surface area contributed by atoms with E-state index >= 15 is 0 Å². The molecule has 2 aromatic carbocycles. The van der Waals surface area contributed by atoms with Crippen LogP contribution >= 0.6 is 11.6 Å². The Morgan fingerprint density at radius 2 is 2.05 bits per heavy atom. The molecule has 0 spiro atoms. The highest BCUT2D eigenvalue weighted by atomic mass is 35.5. The number of methoxy groups -OCH3 is 1. The van der Waals surface area contributed by atoms with E-state index in [1.54, 1.807) is 18.2 Å². The van der Waals surface area contributed by atoms with E-state index in [0.717, 1.165) is 5.56 Å². The summed E-state index contributed by atoms with van der Waals surface area (Å²) in [6.45, 7) is 0.295. The van der Waals surface area contributed by atoms with Crippen LogP contribution in [0.1, 0.15) is 15.9 Å². The molecule has 3 aromatic rings. The first-order valence-corrected chi connectivity index (χ1v) is 6.93. The van der Waals surface area contributed by atoms with Crippen LogP contribution in [-0.4, -0.2) is 17.6 Å². The number of carbonyl (C=O) groups excluding carboxylic acids is 1. The fourth-order valence-corrected chi connectivity index (χ4v) is 2.45. The molecule has 0 bridgehead atoms. The van der Waals surface area contributed by atoms with Gasteiger partial charge in [-0.05, 0) is 29.8 Å². The molecule has 0 atom stereocenters. The van der Waals surface area contributed by atoms with Crippen LogP contribution in [0.15, 0.2) is 51.7 Å². The molecule has 0 aliphatic rings. The number of carbonyl (C=O) groups is 1.